The van der Waals surface area contributed by atoms with Crippen molar-refractivity contribution in [2.75, 3.05) is 11.9 Å². The summed E-state index contributed by atoms with van der Waals surface area (Å²) in [7, 11) is 0. The van der Waals surface area contributed by atoms with E-state index in [0.29, 0.717) is 17.7 Å². The van der Waals surface area contributed by atoms with Crippen molar-refractivity contribution in [3.05, 3.63) is 12.3 Å². The third-order valence-corrected chi connectivity index (χ3v) is 3.90. The highest BCUT2D eigenvalue weighted by molar-refractivity contribution is 6.20. The lowest BCUT2D eigenvalue weighted by Gasteiger charge is -2.27. The molecule has 1 aliphatic carbocycles. The summed E-state index contributed by atoms with van der Waals surface area (Å²) in [5.74, 6) is 1.74. The van der Waals surface area contributed by atoms with Crippen LogP contribution in [0.15, 0.2) is 12.3 Å². The van der Waals surface area contributed by atoms with E-state index in [1.165, 1.54) is 19.3 Å². The summed E-state index contributed by atoms with van der Waals surface area (Å²) in [6, 6.07) is 1.77. The van der Waals surface area contributed by atoms with Crippen molar-refractivity contribution in [2.45, 2.75) is 51.0 Å². The van der Waals surface area contributed by atoms with Crippen molar-refractivity contribution >= 4 is 17.5 Å². The Labute approximate surface area is 119 Å². The molecule has 0 aromatic carbocycles. The molecule has 4 nitrogen and oxygen atoms in total. The predicted octanol–water partition coefficient (Wildman–Crippen LogP) is 3.47. The monoisotopic (exact) mass is 283 g/mol. The SMILES string of the molecule is CC(C)Oc1ccnc(NCC2CCCCC2Cl)n1. The molecule has 1 heterocycles. The van der Waals surface area contributed by atoms with Gasteiger partial charge >= 0.3 is 0 Å². The standard InChI is InChI=1S/C14H22ClN3O/c1-10(2)19-13-7-8-16-14(18-13)17-9-11-5-3-4-6-12(11)15/h7-8,10-12H,3-6,9H2,1-2H3,(H,16,17,18). The maximum absolute atomic E-state index is 6.34. The Morgan fingerprint density at radius 3 is 2.95 bits per heavy atom. The van der Waals surface area contributed by atoms with Crippen LogP contribution < -0.4 is 10.1 Å². The number of rotatable bonds is 5. The highest BCUT2D eigenvalue weighted by Gasteiger charge is 2.22. The molecule has 106 valence electrons. The fourth-order valence-corrected chi connectivity index (χ4v) is 2.72. The Kier molecular flexibility index (Phi) is 5.25. The van der Waals surface area contributed by atoms with Crippen LogP contribution in [0.5, 0.6) is 5.88 Å². The molecule has 1 aromatic heterocycles. The quantitative estimate of drug-likeness (QED) is 0.841. The van der Waals surface area contributed by atoms with Crippen molar-refractivity contribution in [3.63, 3.8) is 0 Å². The van der Waals surface area contributed by atoms with Crippen molar-refractivity contribution in [1.82, 2.24) is 9.97 Å². The summed E-state index contributed by atoms with van der Waals surface area (Å²) in [6.45, 7) is 4.80. The smallest absolute Gasteiger partial charge is 0.225 e. The van der Waals surface area contributed by atoms with Gasteiger partial charge in [-0.15, -0.1) is 11.6 Å². The number of nitrogens with zero attached hydrogens (tertiary/aromatic N) is 2. The molecule has 0 aliphatic heterocycles. The average Bonchev–Trinajstić information content (AvgIpc) is 2.37. The summed E-state index contributed by atoms with van der Waals surface area (Å²) < 4.78 is 5.55. The van der Waals surface area contributed by atoms with Crippen LogP contribution in [-0.4, -0.2) is 28.0 Å². The first-order valence-corrected chi connectivity index (χ1v) is 7.46. The van der Waals surface area contributed by atoms with Crippen molar-refractivity contribution < 1.29 is 4.74 Å². The summed E-state index contributed by atoms with van der Waals surface area (Å²) >= 11 is 6.34. The van der Waals surface area contributed by atoms with Gasteiger partial charge in [-0.1, -0.05) is 12.8 Å². The van der Waals surface area contributed by atoms with E-state index in [9.17, 15) is 0 Å². The van der Waals surface area contributed by atoms with Crippen LogP contribution >= 0.6 is 11.6 Å². The van der Waals surface area contributed by atoms with Crippen LogP contribution in [0, 0.1) is 5.92 Å². The number of hydrogen-bond donors (Lipinski definition) is 1. The molecule has 0 bridgehead atoms. The lowest BCUT2D eigenvalue weighted by Crippen LogP contribution is -2.27. The van der Waals surface area contributed by atoms with Crippen LogP contribution in [0.2, 0.25) is 0 Å². The zero-order valence-corrected chi connectivity index (χ0v) is 12.4. The summed E-state index contributed by atoms with van der Waals surface area (Å²) in [4.78, 5) is 8.55. The fraction of sp³-hybridized carbons (Fsp3) is 0.714. The van der Waals surface area contributed by atoms with Gasteiger partial charge in [-0.3, -0.25) is 0 Å². The van der Waals surface area contributed by atoms with E-state index in [4.69, 9.17) is 16.3 Å². The number of ether oxygens (including phenoxy) is 1. The van der Waals surface area contributed by atoms with Gasteiger partial charge in [-0.05, 0) is 32.6 Å². The van der Waals surface area contributed by atoms with Crippen LogP contribution in [0.4, 0.5) is 5.95 Å². The second kappa shape index (κ2) is 6.94. The minimum absolute atomic E-state index is 0.119. The largest absolute Gasteiger partial charge is 0.475 e. The second-order valence-electron chi connectivity index (χ2n) is 5.33. The molecule has 0 amide bonds. The number of aromatic nitrogens is 2. The Morgan fingerprint density at radius 2 is 2.21 bits per heavy atom. The number of anilines is 1. The summed E-state index contributed by atoms with van der Waals surface area (Å²) in [5, 5.41) is 3.55. The van der Waals surface area contributed by atoms with Crippen molar-refractivity contribution in [1.29, 1.82) is 0 Å². The molecule has 2 atom stereocenters. The Morgan fingerprint density at radius 1 is 1.42 bits per heavy atom. The lowest BCUT2D eigenvalue weighted by molar-refractivity contribution is 0.232. The summed E-state index contributed by atoms with van der Waals surface area (Å²) in [6.07, 6.45) is 6.65. The van der Waals surface area contributed by atoms with Gasteiger partial charge in [0.25, 0.3) is 0 Å². The van der Waals surface area contributed by atoms with Gasteiger partial charge in [0.05, 0.1) is 6.10 Å². The van der Waals surface area contributed by atoms with Gasteiger partial charge in [0, 0.05) is 24.2 Å². The second-order valence-corrected chi connectivity index (χ2v) is 5.89. The predicted molar refractivity (Wildman–Crippen MR) is 77.9 cm³/mol. The molecule has 1 aromatic rings. The fourth-order valence-electron chi connectivity index (χ4n) is 2.35. The molecule has 0 spiro atoms. The molecule has 2 rings (SSSR count). The van der Waals surface area contributed by atoms with E-state index in [0.717, 1.165) is 13.0 Å². The first kappa shape index (κ1) is 14.4. The minimum atomic E-state index is 0.119. The molecule has 1 fully saturated rings. The normalized spacial score (nSPS) is 23.4. The van der Waals surface area contributed by atoms with Crippen LogP contribution in [0.25, 0.3) is 0 Å². The molecular formula is C14H22ClN3O. The third kappa shape index (κ3) is 4.53. The Bertz CT molecular complexity index is 400. The lowest BCUT2D eigenvalue weighted by atomic mass is 9.89. The van der Waals surface area contributed by atoms with E-state index in [1.54, 1.807) is 12.3 Å². The zero-order valence-electron chi connectivity index (χ0n) is 11.6. The van der Waals surface area contributed by atoms with Gasteiger partial charge in [0.15, 0.2) is 0 Å². The van der Waals surface area contributed by atoms with E-state index < -0.39 is 0 Å². The summed E-state index contributed by atoms with van der Waals surface area (Å²) in [5.41, 5.74) is 0. The highest BCUT2D eigenvalue weighted by Crippen LogP contribution is 2.28. The van der Waals surface area contributed by atoms with Crippen LogP contribution in [-0.2, 0) is 0 Å². The molecular weight excluding hydrogens is 262 g/mol. The van der Waals surface area contributed by atoms with Crippen molar-refractivity contribution in [3.8, 4) is 5.88 Å². The van der Waals surface area contributed by atoms with E-state index in [2.05, 4.69) is 15.3 Å². The van der Waals surface area contributed by atoms with Gasteiger partial charge in [-0.2, -0.15) is 4.98 Å². The van der Waals surface area contributed by atoms with Gasteiger partial charge < -0.3 is 10.1 Å². The minimum Gasteiger partial charge on any atom is -0.475 e. The number of hydrogen-bond acceptors (Lipinski definition) is 4. The molecule has 0 radical (unpaired) electrons. The molecule has 1 saturated carbocycles. The van der Waals surface area contributed by atoms with E-state index in [1.807, 2.05) is 13.8 Å². The maximum atomic E-state index is 6.34. The highest BCUT2D eigenvalue weighted by atomic mass is 35.5. The molecule has 19 heavy (non-hydrogen) atoms. The third-order valence-electron chi connectivity index (χ3n) is 3.33. The first-order chi connectivity index (χ1) is 9.15. The molecule has 5 heteroatoms. The molecule has 1 N–H and O–H groups in total. The van der Waals surface area contributed by atoms with E-state index >= 15 is 0 Å². The molecule has 0 saturated heterocycles. The Balaban J connectivity index is 1.88. The van der Waals surface area contributed by atoms with Crippen LogP contribution in [0.3, 0.4) is 0 Å². The average molecular weight is 284 g/mol. The van der Waals surface area contributed by atoms with Gasteiger partial charge in [0.2, 0.25) is 11.8 Å². The first-order valence-electron chi connectivity index (χ1n) is 7.03. The maximum Gasteiger partial charge on any atom is 0.225 e. The van der Waals surface area contributed by atoms with E-state index in [-0.39, 0.29) is 11.5 Å². The van der Waals surface area contributed by atoms with Crippen molar-refractivity contribution in [2.24, 2.45) is 5.92 Å². The van der Waals surface area contributed by atoms with Crippen LogP contribution in [0.1, 0.15) is 39.5 Å². The number of alkyl halides is 1. The molecule has 2 unspecified atom stereocenters. The van der Waals surface area contributed by atoms with Gasteiger partial charge in [0.1, 0.15) is 0 Å². The Hall–Kier alpha value is -1.03. The topological polar surface area (TPSA) is 47.0 Å². The molecule has 1 aliphatic rings. The number of nitrogens with one attached hydrogen (secondary N) is 1. The number of halogens is 1. The zero-order chi connectivity index (χ0) is 13.7. The van der Waals surface area contributed by atoms with Gasteiger partial charge in [-0.25, -0.2) is 4.98 Å².